The van der Waals surface area contributed by atoms with Gasteiger partial charge < -0.3 is 10.1 Å². The Hall–Kier alpha value is -2.17. The van der Waals surface area contributed by atoms with Gasteiger partial charge in [-0.3, -0.25) is 4.98 Å². The lowest BCUT2D eigenvalue weighted by Crippen LogP contribution is -1.96. The molecule has 0 radical (unpaired) electrons. The molecule has 5 nitrogen and oxygen atoms in total. The summed E-state index contributed by atoms with van der Waals surface area (Å²) in [5.74, 6) is 1.45. The van der Waals surface area contributed by atoms with Crippen LogP contribution in [0.1, 0.15) is 0 Å². The average Bonchev–Trinajstić information content (AvgIpc) is 2.38. The van der Waals surface area contributed by atoms with Crippen molar-refractivity contribution in [1.82, 2.24) is 15.0 Å². The highest BCUT2D eigenvalue weighted by atomic mass is 16.5. The summed E-state index contributed by atoms with van der Waals surface area (Å²) in [6.07, 6.45) is 3.20. The summed E-state index contributed by atoms with van der Waals surface area (Å²) in [5.41, 5.74) is 1.45. The molecule has 0 unspecified atom stereocenters. The number of aromatic nitrogens is 3. The Morgan fingerprint density at radius 2 is 2.12 bits per heavy atom. The number of anilines is 1. The molecule has 5 heteroatoms. The maximum atomic E-state index is 5.23. The highest BCUT2D eigenvalue weighted by Gasteiger charge is 2.08. The van der Waals surface area contributed by atoms with Gasteiger partial charge in [0.05, 0.1) is 12.8 Å². The lowest BCUT2D eigenvalue weighted by molar-refractivity contribution is 0.414. The van der Waals surface area contributed by atoms with Gasteiger partial charge in [-0.05, 0) is 12.1 Å². The molecule has 2 heterocycles. The van der Waals surface area contributed by atoms with E-state index in [1.54, 1.807) is 13.3 Å². The summed E-state index contributed by atoms with van der Waals surface area (Å²) < 4.78 is 5.23. The zero-order valence-electron chi connectivity index (χ0n) is 9.14. The Balaban J connectivity index is 2.49. The minimum atomic E-state index is 0.697. The summed E-state index contributed by atoms with van der Waals surface area (Å²) in [5, 5.41) is 2.95. The van der Waals surface area contributed by atoms with E-state index in [1.807, 2.05) is 25.2 Å². The molecule has 0 saturated carbocycles. The van der Waals surface area contributed by atoms with Gasteiger partial charge in [-0.1, -0.05) is 0 Å². The molecule has 2 rings (SSSR count). The van der Waals surface area contributed by atoms with Crippen molar-refractivity contribution >= 4 is 5.82 Å². The van der Waals surface area contributed by atoms with Crippen molar-refractivity contribution in [2.45, 2.75) is 0 Å². The largest absolute Gasteiger partial charge is 0.494 e. The quantitative estimate of drug-likeness (QED) is 0.844. The van der Waals surface area contributed by atoms with Gasteiger partial charge in [0.1, 0.15) is 23.6 Å². The van der Waals surface area contributed by atoms with Crippen LogP contribution in [0.4, 0.5) is 5.82 Å². The summed E-state index contributed by atoms with van der Waals surface area (Å²) in [7, 11) is 3.42. The van der Waals surface area contributed by atoms with E-state index in [0.29, 0.717) is 11.4 Å². The SMILES string of the molecule is CNc1cc(-c2ncccc2OC)ncn1. The molecule has 0 atom stereocenters. The van der Waals surface area contributed by atoms with Crippen molar-refractivity contribution in [2.24, 2.45) is 0 Å². The maximum absolute atomic E-state index is 5.23. The lowest BCUT2D eigenvalue weighted by atomic mass is 10.2. The molecule has 0 bridgehead atoms. The van der Waals surface area contributed by atoms with E-state index in [2.05, 4.69) is 20.3 Å². The smallest absolute Gasteiger partial charge is 0.146 e. The van der Waals surface area contributed by atoms with Crippen LogP contribution in [0.15, 0.2) is 30.7 Å². The maximum Gasteiger partial charge on any atom is 0.146 e. The topological polar surface area (TPSA) is 59.9 Å². The number of pyridine rings is 1. The Bertz CT molecular complexity index is 487. The zero-order valence-corrected chi connectivity index (χ0v) is 9.14. The number of hydrogen-bond acceptors (Lipinski definition) is 5. The molecule has 0 aliphatic carbocycles. The van der Waals surface area contributed by atoms with Gasteiger partial charge in [0.2, 0.25) is 0 Å². The minimum absolute atomic E-state index is 0.697. The van der Waals surface area contributed by atoms with Crippen LogP contribution in [-0.4, -0.2) is 29.1 Å². The summed E-state index contributed by atoms with van der Waals surface area (Å²) in [4.78, 5) is 12.5. The fourth-order valence-electron chi connectivity index (χ4n) is 1.37. The first-order chi connectivity index (χ1) is 7.85. The van der Waals surface area contributed by atoms with Crippen LogP contribution in [0.3, 0.4) is 0 Å². The molecule has 2 aromatic heterocycles. The number of methoxy groups -OCH3 is 1. The van der Waals surface area contributed by atoms with E-state index >= 15 is 0 Å². The van der Waals surface area contributed by atoms with E-state index in [-0.39, 0.29) is 0 Å². The van der Waals surface area contributed by atoms with Crippen LogP contribution in [0.2, 0.25) is 0 Å². The fraction of sp³-hybridized carbons (Fsp3) is 0.182. The molecular formula is C11H12N4O. The van der Waals surface area contributed by atoms with Gasteiger partial charge in [0, 0.05) is 19.3 Å². The number of nitrogens with one attached hydrogen (secondary N) is 1. The van der Waals surface area contributed by atoms with Crippen LogP contribution in [0.25, 0.3) is 11.4 Å². The predicted molar refractivity (Wildman–Crippen MR) is 61.4 cm³/mol. The van der Waals surface area contributed by atoms with Crippen molar-refractivity contribution in [1.29, 1.82) is 0 Å². The zero-order chi connectivity index (χ0) is 11.4. The summed E-state index contributed by atoms with van der Waals surface area (Å²) >= 11 is 0. The number of nitrogens with zero attached hydrogens (tertiary/aromatic N) is 3. The van der Waals surface area contributed by atoms with Crippen LogP contribution < -0.4 is 10.1 Å². The highest BCUT2D eigenvalue weighted by molar-refractivity contribution is 5.64. The van der Waals surface area contributed by atoms with E-state index in [0.717, 1.165) is 11.5 Å². The van der Waals surface area contributed by atoms with Crippen LogP contribution in [0, 0.1) is 0 Å². The number of ether oxygens (including phenoxy) is 1. The fourth-order valence-corrected chi connectivity index (χ4v) is 1.37. The van der Waals surface area contributed by atoms with Gasteiger partial charge in [-0.15, -0.1) is 0 Å². The average molecular weight is 216 g/mol. The second-order valence-corrected chi connectivity index (χ2v) is 3.09. The molecule has 0 saturated heterocycles. The van der Waals surface area contributed by atoms with Crippen molar-refractivity contribution in [3.8, 4) is 17.1 Å². The van der Waals surface area contributed by atoms with Crippen molar-refractivity contribution in [3.05, 3.63) is 30.7 Å². The monoisotopic (exact) mass is 216 g/mol. The standard InChI is InChI=1S/C11H12N4O/c1-12-10-6-8(14-7-15-10)11-9(16-2)4-3-5-13-11/h3-7H,1-2H3,(H,12,14,15). The molecule has 0 aliphatic heterocycles. The van der Waals surface area contributed by atoms with Gasteiger partial charge in [0.25, 0.3) is 0 Å². The highest BCUT2D eigenvalue weighted by Crippen LogP contribution is 2.25. The second kappa shape index (κ2) is 4.57. The molecule has 0 fully saturated rings. The molecule has 16 heavy (non-hydrogen) atoms. The van der Waals surface area contributed by atoms with Gasteiger partial charge in [0.15, 0.2) is 0 Å². The third-order valence-electron chi connectivity index (χ3n) is 2.16. The van der Waals surface area contributed by atoms with Gasteiger partial charge in [-0.2, -0.15) is 0 Å². The molecular weight excluding hydrogens is 204 g/mol. The Morgan fingerprint density at radius 1 is 1.25 bits per heavy atom. The van der Waals surface area contributed by atoms with Crippen molar-refractivity contribution < 1.29 is 4.74 Å². The molecule has 82 valence electrons. The van der Waals surface area contributed by atoms with Gasteiger partial charge >= 0.3 is 0 Å². The van der Waals surface area contributed by atoms with E-state index in [4.69, 9.17) is 4.74 Å². The van der Waals surface area contributed by atoms with Gasteiger partial charge in [-0.25, -0.2) is 9.97 Å². The Labute approximate surface area is 93.5 Å². The third-order valence-corrected chi connectivity index (χ3v) is 2.16. The Kier molecular flexibility index (Phi) is 2.95. The normalized spacial score (nSPS) is 9.88. The lowest BCUT2D eigenvalue weighted by Gasteiger charge is -2.06. The van der Waals surface area contributed by atoms with Crippen LogP contribution in [-0.2, 0) is 0 Å². The predicted octanol–water partition coefficient (Wildman–Crippen LogP) is 1.59. The van der Waals surface area contributed by atoms with Crippen LogP contribution >= 0.6 is 0 Å². The minimum Gasteiger partial charge on any atom is -0.494 e. The molecule has 1 N–H and O–H groups in total. The third kappa shape index (κ3) is 1.93. The van der Waals surface area contributed by atoms with Crippen molar-refractivity contribution in [2.75, 3.05) is 19.5 Å². The molecule has 0 aliphatic rings. The molecule has 2 aromatic rings. The number of rotatable bonds is 3. The molecule has 0 spiro atoms. The van der Waals surface area contributed by atoms with E-state index in [1.165, 1.54) is 6.33 Å². The van der Waals surface area contributed by atoms with E-state index in [9.17, 15) is 0 Å². The first kappa shape index (κ1) is 10.4. The first-order valence-electron chi connectivity index (χ1n) is 4.84. The molecule has 0 amide bonds. The Morgan fingerprint density at radius 3 is 2.88 bits per heavy atom. The van der Waals surface area contributed by atoms with E-state index < -0.39 is 0 Å². The summed E-state index contributed by atoms with van der Waals surface area (Å²) in [6, 6.07) is 5.50. The molecule has 0 aromatic carbocycles. The number of hydrogen-bond donors (Lipinski definition) is 1. The second-order valence-electron chi connectivity index (χ2n) is 3.09. The first-order valence-corrected chi connectivity index (χ1v) is 4.84. The summed E-state index contributed by atoms with van der Waals surface area (Å²) in [6.45, 7) is 0. The van der Waals surface area contributed by atoms with Crippen LogP contribution in [0.5, 0.6) is 5.75 Å². The van der Waals surface area contributed by atoms with Crippen molar-refractivity contribution in [3.63, 3.8) is 0 Å².